The van der Waals surface area contributed by atoms with Crippen molar-refractivity contribution in [3.63, 3.8) is 0 Å². The van der Waals surface area contributed by atoms with Crippen molar-refractivity contribution in [3.05, 3.63) is 24.3 Å². The molecule has 0 aliphatic rings. The second-order valence-electron chi connectivity index (χ2n) is 6.21. The van der Waals surface area contributed by atoms with E-state index >= 15 is 0 Å². The van der Waals surface area contributed by atoms with Crippen LogP contribution in [-0.2, 0) is 19.0 Å². The van der Waals surface area contributed by atoms with Crippen molar-refractivity contribution in [2.24, 2.45) is 0 Å². The molecule has 0 saturated heterocycles. The zero-order valence-electron chi connectivity index (χ0n) is 15.2. The van der Waals surface area contributed by atoms with Crippen molar-refractivity contribution < 1.29 is 19.0 Å². The van der Waals surface area contributed by atoms with Crippen LogP contribution in [0, 0.1) is 11.5 Å². The van der Waals surface area contributed by atoms with Gasteiger partial charge in [-0.1, -0.05) is 43.8 Å². The third-order valence-electron chi connectivity index (χ3n) is 3.08. The Morgan fingerprint density at radius 2 is 1.83 bits per heavy atom. The van der Waals surface area contributed by atoms with E-state index in [9.17, 15) is 4.79 Å². The lowest BCUT2D eigenvalue weighted by Crippen LogP contribution is -2.28. The first-order valence-corrected chi connectivity index (χ1v) is 11.3. The number of methoxy groups -OCH3 is 3. The minimum absolute atomic E-state index is 0.0950. The minimum Gasteiger partial charge on any atom is -0.469 e. The molecule has 0 aromatic heterocycles. The van der Waals surface area contributed by atoms with E-state index < -0.39 is 8.07 Å². The molecule has 0 heterocycles. The van der Waals surface area contributed by atoms with Crippen molar-refractivity contribution in [1.29, 1.82) is 0 Å². The van der Waals surface area contributed by atoms with Gasteiger partial charge in [-0.2, -0.15) is 0 Å². The molecule has 2 atom stereocenters. The van der Waals surface area contributed by atoms with Gasteiger partial charge in [0.1, 0.15) is 14.2 Å². The summed E-state index contributed by atoms with van der Waals surface area (Å²) in [5.74, 6) is 2.87. The minimum atomic E-state index is -1.32. The summed E-state index contributed by atoms with van der Waals surface area (Å²) in [7, 11) is 3.38. The van der Waals surface area contributed by atoms with Crippen LogP contribution >= 0.6 is 0 Å². The lowest BCUT2D eigenvalue weighted by molar-refractivity contribution is -0.140. The van der Waals surface area contributed by atoms with E-state index in [0.717, 1.165) is 6.42 Å². The number of rotatable bonds is 9. The molecule has 0 aromatic rings. The zero-order valence-corrected chi connectivity index (χ0v) is 16.2. The Balaban J connectivity index is 4.46. The highest BCUT2D eigenvalue weighted by molar-refractivity contribution is 6.83. The second-order valence-corrected chi connectivity index (χ2v) is 11.0. The highest BCUT2D eigenvalue weighted by Crippen LogP contribution is 2.13. The van der Waals surface area contributed by atoms with E-state index in [4.69, 9.17) is 9.47 Å². The molecular formula is C18H30O4Si. The van der Waals surface area contributed by atoms with Crippen molar-refractivity contribution in [2.75, 3.05) is 21.3 Å². The molecular weight excluding hydrogens is 308 g/mol. The van der Waals surface area contributed by atoms with Gasteiger partial charge in [0, 0.05) is 20.6 Å². The van der Waals surface area contributed by atoms with Crippen LogP contribution in [0.25, 0.3) is 0 Å². The summed E-state index contributed by atoms with van der Waals surface area (Å²) in [5.41, 5.74) is 3.27. The van der Waals surface area contributed by atoms with Gasteiger partial charge in [0.15, 0.2) is 0 Å². The monoisotopic (exact) mass is 338 g/mol. The maximum Gasteiger partial charge on any atom is 0.305 e. The molecule has 0 amide bonds. The van der Waals surface area contributed by atoms with Crippen LogP contribution in [0.1, 0.15) is 19.3 Å². The molecule has 0 saturated carbocycles. The fourth-order valence-corrected chi connectivity index (χ4v) is 2.37. The molecule has 0 aromatic carbocycles. The van der Waals surface area contributed by atoms with Crippen molar-refractivity contribution in [2.45, 2.75) is 51.1 Å². The maximum atomic E-state index is 11.1. The first-order chi connectivity index (χ1) is 10.8. The molecule has 0 unspecified atom stereocenters. The molecule has 23 heavy (non-hydrogen) atoms. The molecule has 4 nitrogen and oxygen atoms in total. The third kappa shape index (κ3) is 11.8. The summed E-state index contributed by atoms with van der Waals surface area (Å²) in [6, 6.07) is 0. The highest BCUT2D eigenvalue weighted by Gasteiger charge is 2.18. The topological polar surface area (TPSA) is 44.8 Å². The van der Waals surface area contributed by atoms with Gasteiger partial charge in [-0.3, -0.25) is 4.79 Å². The standard InChI is InChI=1S/C18H30O4Si/c1-20-16(12-9-7-8-10-15-23(4,5)6)17(21-2)13-11-14-18(19)22-3/h7-9,12,16-17H,11,13-14H2,1-6H3/b8-7+,12-9+/t16-,17+/m1/s1. The number of carbonyl (C=O) groups is 1. The van der Waals surface area contributed by atoms with Crippen LogP contribution in [0.5, 0.6) is 0 Å². The number of hydrogen-bond acceptors (Lipinski definition) is 4. The normalized spacial score (nSPS) is 14.5. The Morgan fingerprint density at radius 1 is 1.13 bits per heavy atom. The molecule has 0 bridgehead atoms. The molecule has 0 aliphatic heterocycles. The predicted octanol–water partition coefficient (Wildman–Crippen LogP) is 3.35. The number of ether oxygens (including phenoxy) is 3. The van der Waals surface area contributed by atoms with Crippen molar-refractivity contribution >= 4 is 14.0 Å². The van der Waals surface area contributed by atoms with Crippen LogP contribution in [0.4, 0.5) is 0 Å². The first kappa shape index (κ1) is 21.6. The van der Waals surface area contributed by atoms with E-state index in [2.05, 4.69) is 35.8 Å². The number of carbonyl (C=O) groups excluding carboxylic acids is 1. The number of esters is 1. The summed E-state index contributed by atoms with van der Waals surface area (Å²) < 4.78 is 15.6. The van der Waals surface area contributed by atoms with Gasteiger partial charge in [0.25, 0.3) is 0 Å². The van der Waals surface area contributed by atoms with E-state index in [1.807, 2.05) is 24.3 Å². The lowest BCUT2D eigenvalue weighted by Gasteiger charge is -2.22. The van der Waals surface area contributed by atoms with Gasteiger partial charge in [-0.25, -0.2) is 0 Å². The van der Waals surface area contributed by atoms with Gasteiger partial charge in [-0.15, -0.1) is 5.54 Å². The largest absolute Gasteiger partial charge is 0.469 e. The first-order valence-electron chi connectivity index (χ1n) is 7.82. The number of hydrogen-bond donors (Lipinski definition) is 0. The maximum absolute atomic E-state index is 11.1. The Labute approximate surface area is 141 Å². The van der Waals surface area contributed by atoms with Crippen LogP contribution in [-0.4, -0.2) is 47.6 Å². The Morgan fingerprint density at radius 3 is 2.35 bits per heavy atom. The van der Waals surface area contributed by atoms with E-state index in [0.29, 0.717) is 12.8 Å². The Bertz CT molecular complexity index is 452. The average molecular weight is 339 g/mol. The Kier molecular flexibility index (Phi) is 11.4. The van der Waals surface area contributed by atoms with Gasteiger partial charge >= 0.3 is 5.97 Å². The molecule has 0 spiro atoms. The molecule has 5 heteroatoms. The van der Waals surface area contributed by atoms with Crippen LogP contribution in [0.15, 0.2) is 24.3 Å². The van der Waals surface area contributed by atoms with Crippen LogP contribution in [0.2, 0.25) is 19.6 Å². The fourth-order valence-electron chi connectivity index (χ4n) is 1.86. The Hall–Kier alpha value is -1.35. The third-order valence-corrected chi connectivity index (χ3v) is 3.97. The molecule has 130 valence electrons. The van der Waals surface area contributed by atoms with E-state index in [1.54, 1.807) is 14.2 Å². The molecule has 0 N–H and O–H groups in total. The van der Waals surface area contributed by atoms with Gasteiger partial charge in [-0.05, 0) is 18.9 Å². The second kappa shape index (κ2) is 12.1. The number of allylic oxidation sites excluding steroid dienone is 3. The quantitative estimate of drug-likeness (QED) is 0.280. The zero-order chi connectivity index (χ0) is 17.7. The molecule has 0 rings (SSSR count). The molecule has 0 aliphatic carbocycles. The van der Waals surface area contributed by atoms with Gasteiger partial charge in [0.2, 0.25) is 0 Å². The SMILES string of the molecule is COC(=O)CCC[C@H](OC)[C@@H](/C=C/C=C/C#C[Si](C)(C)C)OC. The highest BCUT2D eigenvalue weighted by atomic mass is 28.3. The smallest absolute Gasteiger partial charge is 0.305 e. The predicted molar refractivity (Wildman–Crippen MR) is 96.9 cm³/mol. The molecule has 0 radical (unpaired) electrons. The van der Waals surface area contributed by atoms with Crippen LogP contribution < -0.4 is 0 Å². The summed E-state index contributed by atoms with van der Waals surface area (Å²) in [6.45, 7) is 6.63. The van der Waals surface area contributed by atoms with E-state index in [-0.39, 0.29) is 18.2 Å². The summed E-state index contributed by atoms with van der Waals surface area (Å²) in [4.78, 5) is 11.1. The van der Waals surface area contributed by atoms with Crippen molar-refractivity contribution in [3.8, 4) is 11.5 Å². The van der Waals surface area contributed by atoms with Crippen molar-refractivity contribution in [1.82, 2.24) is 0 Å². The fraction of sp³-hybridized carbons (Fsp3) is 0.611. The van der Waals surface area contributed by atoms with Gasteiger partial charge < -0.3 is 14.2 Å². The van der Waals surface area contributed by atoms with E-state index in [1.165, 1.54) is 7.11 Å². The summed E-state index contributed by atoms with van der Waals surface area (Å²) in [5, 5.41) is 0. The summed E-state index contributed by atoms with van der Waals surface area (Å²) >= 11 is 0. The van der Waals surface area contributed by atoms with Crippen LogP contribution in [0.3, 0.4) is 0 Å². The van der Waals surface area contributed by atoms with Gasteiger partial charge in [0.05, 0.1) is 13.2 Å². The lowest BCUT2D eigenvalue weighted by atomic mass is 10.1. The summed E-state index contributed by atoms with van der Waals surface area (Å²) in [6.07, 6.45) is 9.18. The average Bonchev–Trinajstić information content (AvgIpc) is 2.50. The molecule has 0 fully saturated rings.